The molecule has 0 spiro atoms. The minimum absolute atomic E-state index is 0. The first kappa shape index (κ1) is 15.3. The fourth-order valence-electron chi connectivity index (χ4n) is 1.76. The number of alkyl halides is 3. The molecular formula is C11H15ClF3N. The molecule has 0 radical (unpaired) electrons. The Labute approximate surface area is 99.2 Å². The average molecular weight is 254 g/mol. The number of benzene rings is 1. The van der Waals surface area contributed by atoms with Gasteiger partial charge < -0.3 is 5.73 Å². The largest absolute Gasteiger partial charge is 0.390 e. The molecule has 1 aromatic carbocycles. The molecule has 0 saturated heterocycles. The number of nitrogens with two attached hydrogens (primary N) is 1. The third-order valence-corrected chi connectivity index (χ3v) is 2.36. The summed E-state index contributed by atoms with van der Waals surface area (Å²) in [6.45, 7) is 3.55. The molecule has 1 aromatic rings. The first-order chi connectivity index (χ1) is 6.81. The summed E-state index contributed by atoms with van der Waals surface area (Å²) < 4.78 is 36.5. The molecule has 0 unspecified atom stereocenters. The standard InChI is InChI=1S/C11H14F3N.ClH/c1-7-4-3-5-8(2)10(7)9(15)6-11(12,13)14;/h3-5,9H,6,15H2,1-2H3;1H/t9-;/m0./s1. The highest BCUT2D eigenvalue weighted by Gasteiger charge is 2.31. The molecule has 0 aliphatic carbocycles. The van der Waals surface area contributed by atoms with Gasteiger partial charge in [0.15, 0.2) is 0 Å². The molecule has 1 rings (SSSR count). The van der Waals surface area contributed by atoms with Crippen molar-refractivity contribution in [3.8, 4) is 0 Å². The molecule has 5 heteroatoms. The lowest BCUT2D eigenvalue weighted by atomic mass is 9.95. The van der Waals surface area contributed by atoms with Crippen molar-refractivity contribution < 1.29 is 13.2 Å². The van der Waals surface area contributed by atoms with Gasteiger partial charge in [0, 0.05) is 6.04 Å². The second-order valence-electron chi connectivity index (χ2n) is 3.73. The molecule has 0 bridgehead atoms. The van der Waals surface area contributed by atoms with Crippen LogP contribution in [0.25, 0.3) is 0 Å². The van der Waals surface area contributed by atoms with Gasteiger partial charge in [-0.05, 0) is 30.5 Å². The van der Waals surface area contributed by atoms with Crippen LogP contribution in [-0.2, 0) is 0 Å². The summed E-state index contributed by atoms with van der Waals surface area (Å²) >= 11 is 0. The van der Waals surface area contributed by atoms with Crippen molar-refractivity contribution in [3.05, 3.63) is 34.9 Å². The summed E-state index contributed by atoms with van der Waals surface area (Å²) in [7, 11) is 0. The van der Waals surface area contributed by atoms with Crippen molar-refractivity contribution in [1.82, 2.24) is 0 Å². The van der Waals surface area contributed by atoms with E-state index in [2.05, 4.69) is 0 Å². The highest BCUT2D eigenvalue weighted by atomic mass is 35.5. The SMILES string of the molecule is Cc1cccc(C)c1[C@@H](N)CC(F)(F)F.Cl. The Bertz CT molecular complexity index is 329. The van der Waals surface area contributed by atoms with Crippen LogP contribution in [0.3, 0.4) is 0 Å². The van der Waals surface area contributed by atoms with Gasteiger partial charge >= 0.3 is 6.18 Å². The number of rotatable bonds is 2. The monoisotopic (exact) mass is 253 g/mol. The van der Waals surface area contributed by atoms with Gasteiger partial charge in [0.25, 0.3) is 0 Å². The molecule has 16 heavy (non-hydrogen) atoms. The number of halogens is 4. The maximum Gasteiger partial charge on any atom is 0.390 e. The smallest absolute Gasteiger partial charge is 0.324 e. The minimum Gasteiger partial charge on any atom is -0.324 e. The molecule has 0 saturated carbocycles. The summed E-state index contributed by atoms with van der Waals surface area (Å²) in [5, 5.41) is 0. The van der Waals surface area contributed by atoms with Crippen molar-refractivity contribution in [1.29, 1.82) is 0 Å². The van der Waals surface area contributed by atoms with Crippen LogP contribution in [0.4, 0.5) is 13.2 Å². The third kappa shape index (κ3) is 4.02. The van der Waals surface area contributed by atoms with E-state index < -0.39 is 18.6 Å². The van der Waals surface area contributed by atoms with Crippen LogP contribution < -0.4 is 5.73 Å². The molecule has 1 nitrogen and oxygen atoms in total. The number of aryl methyl sites for hydroxylation is 2. The lowest BCUT2D eigenvalue weighted by Gasteiger charge is -2.18. The van der Waals surface area contributed by atoms with Gasteiger partial charge in [-0.2, -0.15) is 13.2 Å². The zero-order valence-electron chi connectivity index (χ0n) is 9.14. The first-order valence-electron chi connectivity index (χ1n) is 4.69. The quantitative estimate of drug-likeness (QED) is 0.855. The van der Waals surface area contributed by atoms with Gasteiger partial charge in [-0.15, -0.1) is 12.4 Å². The van der Waals surface area contributed by atoms with Gasteiger partial charge in [-0.1, -0.05) is 18.2 Å². The number of hydrogen-bond acceptors (Lipinski definition) is 1. The Kier molecular flexibility index (Phi) is 5.29. The van der Waals surface area contributed by atoms with Crippen molar-refractivity contribution in [3.63, 3.8) is 0 Å². The van der Waals surface area contributed by atoms with E-state index in [1.807, 2.05) is 6.07 Å². The van der Waals surface area contributed by atoms with E-state index >= 15 is 0 Å². The van der Waals surface area contributed by atoms with E-state index in [9.17, 15) is 13.2 Å². The molecule has 0 aliphatic heterocycles. The van der Waals surface area contributed by atoms with Crippen LogP contribution in [0.2, 0.25) is 0 Å². The second-order valence-corrected chi connectivity index (χ2v) is 3.73. The van der Waals surface area contributed by atoms with Crippen molar-refractivity contribution in [2.24, 2.45) is 5.73 Å². The van der Waals surface area contributed by atoms with Gasteiger partial charge in [0.2, 0.25) is 0 Å². The number of hydrogen-bond donors (Lipinski definition) is 1. The first-order valence-corrected chi connectivity index (χ1v) is 4.69. The van der Waals surface area contributed by atoms with Crippen LogP contribution in [0.1, 0.15) is 29.2 Å². The molecule has 0 aromatic heterocycles. The summed E-state index contributed by atoms with van der Waals surface area (Å²) in [4.78, 5) is 0. The van der Waals surface area contributed by atoms with E-state index in [-0.39, 0.29) is 12.4 Å². The maximum atomic E-state index is 12.2. The molecule has 0 fully saturated rings. The van der Waals surface area contributed by atoms with E-state index in [1.165, 1.54) is 0 Å². The van der Waals surface area contributed by atoms with Crippen LogP contribution in [0.5, 0.6) is 0 Å². The third-order valence-electron chi connectivity index (χ3n) is 2.36. The highest BCUT2D eigenvalue weighted by Crippen LogP contribution is 2.30. The van der Waals surface area contributed by atoms with Gasteiger partial charge in [-0.3, -0.25) is 0 Å². The molecular weight excluding hydrogens is 239 g/mol. The lowest BCUT2D eigenvalue weighted by Crippen LogP contribution is -2.21. The zero-order valence-corrected chi connectivity index (χ0v) is 9.95. The van der Waals surface area contributed by atoms with Crippen LogP contribution in [0.15, 0.2) is 18.2 Å². The summed E-state index contributed by atoms with van der Waals surface area (Å²) in [6.07, 6.45) is -5.19. The molecule has 92 valence electrons. The molecule has 2 N–H and O–H groups in total. The Balaban J connectivity index is 0.00000225. The van der Waals surface area contributed by atoms with Gasteiger partial charge in [-0.25, -0.2) is 0 Å². The highest BCUT2D eigenvalue weighted by molar-refractivity contribution is 5.85. The normalized spacial score (nSPS) is 13.1. The fraction of sp³-hybridized carbons (Fsp3) is 0.455. The van der Waals surface area contributed by atoms with E-state index in [1.54, 1.807) is 26.0 Å². The summed E-state index contributed by atoms with van der Waals surface area (Å²) in [6, 6.07) is 4.40. The predicted molar refractivity (Wildman–Crippen MR) is 60.8 cm³/mol. The van der Waals surface area contributed by atoms with Crippen LogP contribution in [0, 0.1) is 13.8 Å². The van der Waals surface area contributed by atoms with Crippen LogP contribution in [-0.4, -0.2) is 6.18 Å². The predicted octanol–water partition coefficient (Wildman–Crippen LogP) is 3.68. The van der Waals surface area contributed by atoms with Crippen LogP contribution >= 0.6 is 12.4 Å². The second kappa shape index (κ2) is 5.55. The molecule has 0 heterocycles. The zero-order chi connectivity index (χ0) is 11.6. The topological polar surface area (TPSA) is 26.0 Å². The van der Waals surface area contributed by atoms with Crippen molar-refractivity contribution in [2.75, 3.05) is 0 Å². The molecule has 0 aliphatic rings. The van der Waals surface area contributed by atoms with E-state index in [0.29, 0.717) is 5.56 Å². The summed E-state index contributed by atoms with van der Waals surface area (Å²) in [5.41, 5.74) is 7.79. The van der Waals surface area contributed by atoms with E-state index in [0.717, 1.165) is 11.1 Å². The Morgan fingerprint density at radius 3 is 2.00 bits per heavy atom. The van der Waals surface area contributed by atoms with Gasteiger partial charge in [0.05, 0.1) is 6.42 Å². The fourth-order valence-corrected chi connectivity index (χ4v) is 1.76. The summed E-state index contributed by atoms with van der Waals surface area (Å²) in [5.74, 6) is 0. The van der Waals surface area contributed by atoms with Gasteiger partial charge in [0.1, 0.15) is 0 Å². The Hall–Kier alpha value is -0.740. The van der Waals surface area contributed by atoms with E-state index in [4.69, 9.17) is 5.73 Å². The average Bonchev–Trinajstić information content (AvgIpc) is 1.99. The Morgan fingerprint density at radius 1 is 1.19 bits per heavy atom. The Morgan fingerprint density at radius 2 is 1.62 bits per heavy atom. The maximum absolute atomic E-state index is 12.2. The lowest BCUT2D eigenvalue weighted by molar-refractivity contribution is -0.138. The van der Waals surface area contributed by atoms with Crippen molar-refractivity contribution >= 4 is 12.4 Å². The minimum atomic E-state index is -4.21. The van der Waals surface area contributed by atoms with Crippen molar-refractivity contribution in [2.45, 2.75) is 32.5 Å². The molecule has 1 atom stereocenters. The molecule has 0 amide bonds.